The summed E-state index contributed by atoms with van der Waals surface area (Å²) in [5, 5.41) is 13.7. The first-order chi connectivity index (χ1) is 7.70. The van der Waals surface area contributed by atoms with E-state index in [9.17, 15) is 5.11 Å². The lowest BCUT2D eigenvalue weighted by molar-refractivity contribution is 0.0582. The summed E-state index contributed by atoms with van der Waals surface area (Å²) in [6.45, 7) is 3.64. The van der Waals surface area contributed by atoms with E-state index in [2.05, 4.69) is 12.2 Å². The molecule has 1 saturated heterocycles. The Morgan fingerprint density at radius 1 is 1.56 bits per heavy atom. The molecule has 2 unspecified atom stereocenters. The van der Waals surface area contributed by atoms with Gasteiger partial charge in [0.1, 0.15) is 0 Å². The number of hydrogen-bond acceptors (Lipinski definition) is 4. The third kappa shape index (κ3) is 5.04. The second kappa shape index (κ2) is 7.54. The summed E-state index contributed by atoms with van der Waals surface area (Å²) >= 11 is 1.84. The van der Waals surface area contributed by atoms with Crippen LogP contribution in [0.2, 0.25) is 0 Å². The maximum absolute atomic E-state index is 10.2. The van der Waals surface area contributed by atoms with E-state index in [1.54, 1.807) is 7.11 Å². The second-order valence-corrected chi connectivity index (χ2v) is 5.81. The predicted octanol–water partition coefficient (Wildman–Crippen LogP) is 1.65. The van der Waals surface area contributed by atoms with Gasteiger partial charge in [0.25, 0.3) is 0 Å². The predicted molar refractivity (Wildman–Crippen MR) is 70.1 cm³/mol. The van der Waals surface area contributed by atoms with Crippen molar-refractivity contribution < 1.29 is 9.84 Å². The average molecular weight is 247 g/mol. The molecule has 1 fully saturated rings. The van der Waals surface area contributed by atoms with E-state index in [0.29, 0.717) is 12.6 Å². The summed E-state index contributed by atoms with van der Waals surface area (Å²) in [6.07, 6.45) is 4.47. The van der Waals surface area contributed by atoms with E-state index < -0.39 is 5.60 Å². The van der Waals surface area contributed by atoms with Crippen molar-refractivity contribution in [3.8, 4) is 0 Å². The molecule has 1 heterocycles. The molecule has 1 rings (SSSR count). The molecule has 0 amide bonds. The molecule has 0 saturated carbocycles. The highest BCUT2D eigenvalue weighted by atomic mass is 32.2. The molecule has 96 valence electrons. The number of methoxy groups -OCH3 is 1. The third-order valence-corrected chi connectivity index (χ3v) is 4.31. The van der Waals surface area contributed by atoms with Crippen LogP contribution in [-0.2, 0) is 4.74 Å². The molecule has 2 N–H and O–H groups in total. The number of aliphatic hydroxyl groups is 1. The van der Waals surface area contributed by atoms with Crippen LogP contribution in [0.1, 0.15) is 32.6 Å². The molecule has 0 bridgehead atoms. The highest BCUT2D eigenvalue weighted by molar-refractivity contribution is 7.99. The van der Waals surface area contributed by atoms with Gasteiger partial charge in [-0.25, -0.2) is 0 Å². The van der Waals surface area contributed by atoms with Crippen LogP contribution >= 0.6 is 11.8 Å². The molecule has 16 heavy (non-hydrogen) atoms. The topological polar surface area (TPSA) is 41.5 Å². The van der Waals surface area contributed by atoms with Crippen LogP contribution < -0.4 is 5.32 Å². The van der Waals surface area contributed by atoms with Crippen LogP contribution in [0.25, 0.3) is 0 Å². The summed E-state index contributed by atoms with van der Waals surface area (Å²) in [7, 11) is 1.74. The zero-order valence-electron chi connectivity index (χ0n) is 10.5. The number of unbranched alkanes of at least 4 members (excludes halogenated alkanes) is 1. The van der Waals surface area contributed by atoms with Crippen molar-refractivity contribution in [1.29, 1.82) is 0 Å². The summed E-state index contributed by atoms with van der Waals surface area (Å²) < 4.78 is 5.20. The Bertz CT molecular complexity index is 184. The fourth-order valence-corrected chi connectivity index (χ4v) is 3.26. The Morgan fingerprint density at radius 3 is 2.94 bits per heavy atom. The zero-order valence-corrected chi connectivity index (χ0v) is 11.3. The quantitative estimate of drug-likeness (QED) is 0.684. The van der Waals surface area contributed by atoms with Gasteiger partial charge in [-0.3, -0.25) is 0 Å². The van der Waals surface area contributed by atoms with E-state index in [4.69, 9.17) is 4.74 Å². The number of thioether (sulfide) groups is 1. The summed E-state index contributed by atoms with van der Waals surface area (Å²) in [4.78, 5) is 0. The van der Waals surface area contributed by atoms with Crippen molar-refractivity contribution in [2.24, 2.45) is 0 Å². The number of nitrogens with one attached hydrogen (secondary N) is 1. The lowest BCUT2D eigenvalue weighted by atomic mass is 10.0. The first kappa shape index (κ1) is 14.3. The standard InChI is InChI=1S/C12H25NO2S/c1-3-4-5-11(8-15-2)13-9-12(14)6-7-16-10-12/h11,13-14H,3-10H2,1-2H3. The molecule has 1 aliphatic heterocycles. The Kier molecular flexibility index (Phi) is 6.73. The minimum atomic E-state index is -0.483. The van der Waals surface area contributed by atoms with E-state index in [1.165, 1.54) is 12.8 Å². The minimum absolute atomic E-state index is 0.388. The van der Waals surface area contributed by atoms with Crippen molar-refractivity contribution in [1.82, 2.24) is 5.32 Å². The molecular formula is C12H25NO2S. The maximum Gasteiger partial charge on any atom is 0.0869 e. The Balaban J connectivity index is 2.24. The zero-order chi connectivity index (χ0) is 11.9. The van der Waals surface area contributed by atoms with Gasteiger partial charge in [0.05, 0.1) is 12.2 Å². The SMILES string of the molecule is CCCCC(COC)NCC1(O)CCSC1. The first-order valence-electron chi connectivity index (χ1n) is 6.22. The molecule has 0 aromatic rings. The smallest absolute Gasteiger partial charge is 0.0869 e. The van der Waals surface area contributed by atoms with Crippen molar-refractivity contribution in [2.75, 3.05) is 31.8 Å². The first-order valence-corrected chi connectivity index (χ1v) is 7.38. The second-order valence-electron chi connectivity index (χ2n) is 4.70. The molecule has 4 heteroatoms. The molecule has 1 aliphatic rings. The van der Waals surface area contributed by atoms with Crippen LogP contribution in [0, 0.1) is 0 Å². The van der Waals surface area contributed by atoms with Gasteiger partial charge >= 0.3 is 0 Å². The summed E-state index contributed by atoms with van der Waals surface area (Å²) in [6, 6.07) is 0.388. The number of rotatable bonds is 8. The van der Waals surface area contributed by atoms with E-state index in [1.807, 2.05) is 11.8 Å². The van der Waals surface area contributed by atoms with Crippen molar-refractivity contribution in [2.45, 2.75) is 44.2 Å². The van der Waals surface area contributed by atoms with Gasteiger partial charge in [-0.15, -0.1) is 0 Å². The van der Waals surface area contributed by atoms with Crippen LogP contribution in [0.15, 0.2) is 0 Å². The summed E-state index contributed by atoms with van der Waals surface area (Å²) in [5.41, 5.74) is -0.483. The molecule has 2 atom stereocenters. The number of ether oxygens (including phenoxy) is 1. The minimum Gasteiger partial charge on any atom is -0.388 e. The maximum atomic E-state index is 10.2. The van der Waals surface area contributed by atoms with Crippen molar-refractivity contribution >= 4 is 11.8 Å². The molecule has 0 aromatic carbocycles. The summed E-state index contributed by atoms with van der Waals surface area (Å²) in [5.74, 6) is 1.95. The molecular weight excluding hydrogens is 222 g/mol. The third-order valence-electron chi connectivity index (χ3n) is 3.08. The van der Waals surface area contributed by atoms with Crippen LogP contribution in [-0.4, -0.2) is 48.5 Å². The highest BCUT2D eigenvalue weighted by Crippen LogP contribution is 2.27. The molecule has 0 radical (unpaired) electrons. The van der Waals surface area contributed by atoms with Crippen LogP contribution in [0.5, 0.6) is 0 Å². The van der Waals surface area contributed by atoms with Gasteiger partial charge in [0.2, 0.25) is 0 Å². The van der Waals surface area contributed by atoms with Crippen LogP contribution in [0.4, 0.5) is 0 Å². The van der Waals surface area contributed by atoms with Crippen molar-refractivity contribution in [3.63, 3.8) is 0 Å². The lowest BCUT2D eigenvalue weighted by Crippen LogP contribution is -2.46. The molecule has 0 aromatic heterocycles. The van der Waals surface area contributed by atoms with E-state index in [0.717, 1.165) is 31.0 Å². The number of hydrogen-bond donors (Lipinski definition) is 2. The Hall–Kier alpha value is 0.230. The largest absolute Gasteiger partial charge is 0.388 e. The Labute approximate surface area is 103 Å². The molecule has 0 aliphatic carbocycles. The van der Waals surface area contributed by atoms with E-state index >= 15 is 0 Å². The molecule has 0 spiro atoms. The van der Waals surface area contributed by atoms with Gasteiger partial charge in [-0.05, 0) is 18.6 Å². The fourth-order valence-electron chi connectivity index (χ4n) is 1.97. The fraction of sp³-hybridized carbons (Fsp3) is 1.00. The highest BCUT2D eigenvalue weighted by Gasteiger charge is 2.31. The van der Waals surface area contributed by atoms with E-state index in [-0.39, 0.29) is 0 Å². The Morgan fingerprint density at radius 2 is 2.38 bits per heavy atom. The van der Waals surface area contributed by atoms with Gasteiger partial charge in [-0.2, -0.15) is 11.8 Å². The monoisotopic (exact) mass is 247 g/mol. The van der Waals surface area contributed by atoms with Crippen LogP contribution in [0.3, 0.4) is 0 Å². The normalized spacial score (nSPS) is 27.2. The van der Waals surface area contributed by atoms with Gasteiger partial charge < -0.3 is 15.2 Å². The molecule has 3 nitrogen and oxygen atoms in total. The lowest BCUT2D eigenvalue weighted by Gasteiger charge is -2.26. The van der Waals surface area contributed by atoms with Crippen molar-refractivity contribution in [3.05, 3.63) is 0 Å². The van der Waals surface area contributed by atoms with Gasteiger partial charge in [0.15, 0.2) is 0 Å². The van der Waals surface area contributed by atoms with Gasteiger partial charge in [-0.1, -0.05) is 19.8 Å². The average Bonchev–Trinajstić information content (AvgIpc) is 2.70. The van der Waals surface area contributed by atoms with Gasteiger partial charge in [0, 0.05) is 25.4 Å².